The van der Waals surface area contributed by atoms with Gasteiger partial charge in [-0.2, -0.15) is 11.8 Å². The average molecular weight is 477 g/mol. The van der Waals surface area contributed by atoms with Gasteiger partial charge in [-0.15, -0.1) is 11.8 Å². The fourth-order valence-corrected chi connectivity index (χ4v) is 6.96. The lowest BCUT2D eigenvalue weighted by atomic mass is 9.91. The Balaban J connectivity index is 1.32. The van der Waals surface area contributed by atoms with Gasteiger partial charge >= 0.3 is 0 Å². The third kappa shape index (κ3) is 6.58. The number of para-hydroxylation sites is 1. The summed E-state index contributed by atoms with van der Waals surface area (Å²) in [5, 5.41) is 6.08. The molecule has 176 valence electrons. The Labute approximate surface area is 200 Å². The van der Waals surface area contributed by atoms with Crippen LogP contribution in [0.25, 0.3) is 0 Å². The standard InChI is InChI=1S/C24H36N4O2S2/c29-22(23-25-11-16-32-23)26-21(18-31-17-19-7-3-1-4-8-19)24(30)28-14-12-27(13-15-28)20-9-5-2-6-10-20/h2,5-6,9-10,19,21,23,25H,1,3-4,7-8,11-18H2,(H,26,29)/t21-,23?/m0/s1. The topological polar surface area (TPSA) is 64.7 Å². The van der Waals surface area contributed by atoms with Gasteiger partial charge in [-0.05, 0) is 36.6 Å². The maximum absolute atomic E-state index is 13.4. The van der Waals surface area contributed by atoms with Gasteiger partial charge in [-0.25, -0.2) is 0 Å². The molecule has 3 fully saturated rings. The summed E-state index contributed by atoms with van der Waals surface area (Å²) in [4.78, 5) is 30.5. The number of piperazine rings is 1. The normalized spacial score (nSPS) is 23.2. The monoisotopic (exact) mass is 476 g/mol. The zero-order chi connectivity index (χ0) is 22.2. The molecule has 1 aliphatic carbocycles. The first-order valence-electron chi connectivity index (χ1n) is 12.0. The highest BCUT2D eigenvalue weighted by Gasteiger charge is 2.32. The predicted octanol–water partition coefficient (Wildman–Crippen LogP) is 2.80. The van der Waals surface area contributed by atoms with Gasteiger partial charge in [0.15, 0.2) is 0 Å². The summed E-state index contributed by atoms with van der Waals surface area (Å²) in [6, 6.07) is 9.93. The second-order valence-electron chi connectivity index (χ2n) is 8.96. The summed E-state index contributed by atoms with van der Waals surface area (Å²) in [5.41, 5.74) is 1.21. The quantitative estimate of drug-likeness (QED) is 0.602. The van der Waals surface area contributed by atoms with E-state index in [2.05, 4.69) is 39.8 Å². The number of carbonyl (C=O) groups is 2. The van der Waals surface area contributed by atoms with E-state index in [9.17, 15) is 9.59 Å². The van der Waals surface area contributed by atoms with Crippen molar-refractivity contribution in [1.82, 2.24) is 15.5 Å². The molecule has 32 heavy (non-hydrogen) atoms. The molecule has 2 amide bonds. The Kier molecular flexibility index (Phi) is 9.05. The van der Waals surface area contributed by atoms with Crippen molar-refractivity contribution in [3.05, 3.63) is 30.3 Å². The first-order valence-corrected chi connectivity index (χ1v) is 14.2. The number of nitrogens with one attached hydrogen (secondary N) is 2. The zero-order valence-electron chi connectivity index (χ0n) is 18.8. The Morgan fingerprint density at radius 1 is 1.09 bits per heavy atom. The number of carbonyl (C=O) groups excluding carboxylic acids is 2. The first kappa shape index (κ1) is 23.8. The Morgan fingerprint density at radius 3 is 2.53 bits per heavy atom. The largest absolute Gasteiger partial charge is 0.368 e. The van der Waals surface area contributed by atoms with E-state index in [0.717, 1.165) is 37.1 Å². The van der Waals surface area contributed by atoms with Crippen molar-refractivity contribution in [2.24, 2.45) is 5.92 Å². The van der Waals surface area contributed by atoms with E-state index in [1.54, 1.807) is 11.8 Å². The molecule has 0 aromatic heterocycles. The summed E-state index contributed by atoms with van der Waals surface area (Å²) in [6.45, 7) is 3.89. The predicted molar refractivity (Wildman–Crippen MR) is 135 cm³/mol. The van der Waals surface area contributed by atoms with Crippen molar-refractivity contribution in [2.45, 2.75) is 43.5 Å². The van der Waals surface area contributed by atoms with Gasteiger partial charge in [-0.1, -0.05) is 37.5 Å². The molecule has 2 heterocycles. The zero-order valence-corrected chi connectivity index (χ0v) is 20.5. The molecule has 3 aliphatic rings. The molecule has 8 heteroatoms. The number of hydrogen-bond donors (Lipinski definition) is 2. The van der Waals surface area contributed by atoms with Crippen LogP contribution in [0.4, 0.5) is 5.69 Å². The van der Waals surface area contributed by atoms with Crippen LogP contribution in [0.15, 0.2) is 30.3 Å². The smallest absolute Gasteiger partial charge is 0.248 e. The van der Waals surface area contributed by atoms with Gasteiger partial charge in [0.1, 0.15) is 11.4 Å². The molecule has 2 atom stereocenters. The second kappa shape index (κ2) is 12.2. The third-order valence-corrected chi connectivity index (χ3v) is 9.07. The molecular weight excluding hydrogens is 440 g/mol. The van der Waals surface area contributed by atoms with Gasteiger partial charge in [0.2, 0.25) is 11.8 Å². The fraction of sp³-hybridized carbons (Fsp3) is 0.667. The maximum Gasteiger partial charge on any atom is 0.248 e. The van der Waals surface area contributed by atoms with Crippen molar-refractivity contribution in [1.29, 1.82) is 0 Å². The number of benzene rings is 1. The lowest BCUT2D eigenvalue weighted by Gasteiger charge is -2.37. The molecule has 6 nitrogen and oxygen atoms in total. The summed E-state index contributed by atoms with van der Waals surface area (Å²) in [6.07, 6.45) is 6.64. The van der Waals surface area contributed by atoms with Gasteiger partial charge in [-0.3, -0.25) is 14.9 Å². The van der Waals surface area contributed by atoms with Gasteiger partial charge < -0.3 is 15.1 Å². The molecule has 0 radical (unpaired) electrons. The molecule has 1 saturated carbocycles. The summed E-state index contributed by atoms with van der Waals surface area (Å²) in [5.74, 6) is 3.49. The Bertz CT molecular complexity index is 731. The van der Waals surface area contributed by atoms with E-state index in [-0.39, 0.29) is 17.2 Å². The van der Waals surface area contributed by atoms with E-state index in [1.807, 2.05) is 22.7 Å². The number of hydrogen-bond acceptors (Lipinski definition) is 6. The minimum Gasteiger partial charge on any atom is -0.368 e. The van der Waals surface area contributed by atoms with E-state index >= 15 is 0 Å². The molecule has 0 bridgehead atoms. The van der Waals surface area contributed by atoms with Crippen LogP contribution < -0.4 is 15.5 Å². The van der Waals surface area contributed by atoms with Crippen LogP contribution in [-0.4, -0.2) is 78.1 Å². The van der Waals surface area contributed by atoms with E-state index in [4.69, 9.17) is 0 Å². The number of amides is 2. The summed E-state index contributed by atoms with van der Waals surface area (Å²) in [7, 11) is 0. The van der Waals surface area contributed by atoms with Crippen molar-refractivity contribution in [3.63, 3.8) is 0 Å². The highest BCUT2D eigenvalue weighted by molar-refractivity contribution is 8.00. The first-order chi connectivity index (χ1) is 15.7. The molecule has 1 aromatic rings. The van der Waals surface area contributed by atoms with Crippen LogP contribution in [0.5, 0.6) is 0 Å². The molecule has 0 spiro atoms. The van der Waals surface area contributed by atoms with Crippen LogP contribution in [0.2, 0.25) is 0 Å². The molecule has 1 unspecified atom stereocenters. The number of thioether (sulfide) groups is 2. The molecule has 2 N–H and O–H groups in total. The van der Waals surface area contributed by atoms with Gasteiger partial charge in [0.25, 0.3) is 0 Å². The van der Waals surface area contributed by atoms with Crippen LogP contribution >= 0.6 is 23.5 Å². The molecule has 2 aliphatic heterocycles. The number of anilines is 1. The fourth-order valence-electron chi connectivity index (χ4n) is 4.77. The van der Waals surface area contributed by atoms with Crippen LogP contribution in [0.1, 0.15) is 32.1 Å². The van der Waals surface area contributed by atoms with Crippen LogP contribution in [0, 0.1) is 5.92 Å². The Morgan fingerprint density at radius 2 is 1.84 bits per heavy atom. The maximum atomic E-state index is 13.4. The van der Waals surface area contributed by atoms with Crippen molar-refractivity contribution < 1.29 is 9.59 Å². The molecule has 1 aromatic carbocycles. The van der Waals surface area contributed by atoms with E-state index in [0.29, 0.717) is 18.8 Å². The average Bonchev–Trinajstić information content (AvgIpc) is 3.40. The molecule has 2 saturated heterocycles. The lowest BCUT2D eigenvalue weighted by Crippen LogP contribution is -2.57. The SMILES string of the molecule is O=C(N[C@@H](CSCC1CCCCC1)C(=O)N1CCN(c2ccccc2)CC1)C1NCCS1. The highest BCUT2D eigenvalue weighted by Crippen LogP contribution is 2.27. The summed E-state index contributed by atoms with van der Waals surface area (Å²) >= 11 is 3.47. The van der Waals surface area contributed by atoms with E-state index in [1.165, 1.54) is 37.8 Å². The highest BCUT2D eigenvalue weighted by atomic mass is 32.2. The van der Waals surface area contributed by atoms with Crippen LogP contribution in [0.3, 0.4) is 0 Å². The number of nitrogens with zero attached hydrogens (tertiary/aromatic N) is 2. The lowest BCUT2D eigenvalue weighted by molar-refractivity contribution is -0.136. The number of rotatable bonds is 8. The van der Waals surface area contributed by atoms with Gasteiger partial charge in [0, 0.05) is 49.9 Å². The van der Waals surface area contributed by atoms with Gasteiger partial charge in [0.05, 0.1) is 0 Å². The van der Waals surface area contributed by atoms with Crippen molar-refractivity contribution in [2.75, 3.05) is 54.9 Å². The van der Waals surface area contributed by atoms with E-state index < -0.39 is 6.04 Å². The minimum atomic E-state index is -0.442. The Hall–Kier alpha value is -1.38. The van der Waals surface area contributed by atoms with Crippen molar-refractivity contribution >= 4 is 41.0 Å². The third-order valence-electron chi connectivity index (χ3n) is 6.64. The van der Waals surface area contributed by atoms with Crippen molar-refractivity contribution in [3.8, 4) is 0 Å². The second-order valence-corrected chi connectivity index (χ2v) is 11.2. The van der Waals surface area contributed by atoms with Crippen LogP contribution in [-0.2, 0) is 9.59 Å². The molecular formula is C24H36N4O2S2. The molecule has 4 rings (SSSR count). The summed E-state index contributed by atoms with van der Waals surface area (Å²) < 4.78 is 0. The minimum absolute atomic E-state index is 0.0490.